The van der Waals surface area contributed by atoms with Gasteiger partial charge in [0.15, 0.2) is 4.90 Å². The minimum absolute atomic E-state index is 0.0108. The van der Waals surface area contributed by atoms with Crippen molar-refractivity contribution in [3.05, 3.63) is 18.0 Å². The van der Waals surface area contributed by atoms with Crippen molar-refractivity contribution in [1.29, 1.82) is 0 Å². The molecule has 1 aliphatic rings. The zero-order valence-corrected chi connectivity index (χ0v) is 15.0. The summed E-state index contributed by atoms with van der Waals surface area (Å²) in [6, 6.07) is 0.797. The molecule has 0 aliphatic carbocycles. The first kappa shape index (κ1) is 17.3. The van der Waals surface area contributed by atoms with Crippen LogP contribution in [0.25, 0.3) is 0 Å². The molecule has 0 saturated carbocycles. The molecule has 0 atom stereocenters. The van der Waals surface area contributed by atoms with Gasteiger partial charge in [-0.15, -0.1) is 0 Å². The van der Waals surface area contributed by atoms with Gasteiger partial charge in [0.05, 0.1) is 18.5 Å². The highest BCUT2D eigenvalue weighted by molar-refractivity contribution is 7.90. The van der Waals surface area contributed by atoms with E-state index in [0.29, 0.717) is 24.7 Å². The van der Waals surface area contributed by atoms with Gasteiger partial charge in [-0.1, -0.05) is 0 Å². The number of urea groups is 1. The molecule has 0 aromatic carbocycles. The Kier molecular flexibility index (Phi) is 4.41. The number of nitrogens with one attached hydrogen (secondary N) is 2. The second kappa shape index (κ2) is 6.39. The summed E-state index contributed by atoms with van der Waals surface area (Å²) in [5.41, 5.74) is 0.714. The molecule has 3 heterocycles. The van der Waals surface area contributed by atoms with Gasteiger partial charge in [0.1, 0.15) is 5.82 Å². The SMILES string of the molecule is Cc1cc(NC(=O)NS(=O)(=O)c2cnn3c2OCCC3)n(C(C)C)n1. The van der Waals surface area contributed by atoms with E-state index in [1.165, 1.54) is 10.9 Å². The Morgan fingerprint density at radius 2 is 2.16 bits per heavy atom. The molecule has 0 spiro atoms. The number of aryl methyl sites for hydroxylation is 2. The third-order valence-electron chi connectivity index (χ3n) is 3.62. The minimum atomic E-state index is -4.10. The van der Waals surface area contributed by atoms with Gasteiger partial charge in [-0.2, -0.15) is 10.2 Å². The Hall–Kier alpha value is -2.56. The number of carbonyl (C=O) groups is 1. The highest BCUT2D eigenvalue weighted by atomic mass is 32.2. The molecular formula is C14H20N6O4S. The van der Waals surface area contributed by atoms with Crippen molar-refractivity contribution in [2.75, 3.05) is 11.9 Å². The molecule has 0 bridgehead atoms. The zero-order chi connectivity index (χ0) is 18.2. The molecule has 2 aromatic heterocycles. The van der Waals surface area contributed by atoms with Crippen LogP contribution < -0.4 is 14.8 Å². The maximum atomic E-state index is 12.5. The van der Waals surface area contributed by atoms with Crippen LogP contribution in [0.15, 0.2) is 17.2 Å². The van der Waals surface area contributed by atoms with Gasteiger partial charge in [0.2, 0.25) is 5.88 Å². The van der Waals surface area contributed by atoms with Gasteiger partial charge in [-0.25, -0.2) is 27.3 Å². The lowest BCUT2D eigenvalue weighted by Gasteiger charge is -2.16. The number of aromatic nitrogens is 4. The highest BCUT2D eigenvalue weighted by Crippen LogP contribution is 2.26. The molecule has 2 amide bonds. The van der Waals surface area contributed by atoms with E-state index in [1.54, 1.807) is 17.7 Å². The van der Waals surface area contributed by atoms with Crippen LogP contribution in [0, 0.1) is 6.92 Å². The van der Waals surface area contributed by atoms with E-state index < -0.39 is 16.1 Å². The number of carbonyl (C=O) groups excluding carboxylic acids is 1. The summed E-state index contributed by atoms with van der Waals surface area (Å²) in [6.45, 7) is 6.58. The first-order valence-electron chi connectivity index (χ1n) is 7.86. The lowest BCUT2D eigenvalue weighted by molar-refractivity contribution is 0.224. The quantitative estimate of drug-likeness (QED) is 0.838. The first-order chi connectivity index (χ1) is 11.8. The number of hydrogen-bond donors (Lipinski definition) is 2. The topological polar surface area (TPSA) is 120 Å². The van der Waals surface area contributed by atoms with Crippen LogP contribution in [0.5, 0.6) is 5.88 Å². The summed E-state index contributed by atoms with van der Waals surface area (Å²) < 4.78 is 35.3. The summed E-state index contributed by atoms with van der Waals surface area (Å²) >= 11 is 0. The molecule has 1 aliphatic heterocycles. The predicted octanol–water partition coefficient (Wildman–Crippen LogP) is 1.26. The van der Waals surface area contributed by atoms with Crippen LogP contribution in [-0.2, 0) is 16.6 Å². The van der Waals surface area contributed by atoms with E-state index in [4.69, 9.17) is 4.74 Å². The Morgan fingerprint density at radius 1 is 1.40 bits per heavy atom. The highest BCUT2D eigenvalue weighted by Gasteiger charge is 2.28. The number of rotatable bonds is 4. The van der Waals surface area contributed by atoms with Crippen molar-refractivity contribution in [2.24, 2.45) is 0 Å². The summed E-state index contributed by atoms with van der Waals surface area (Å²) in [4.78, 5) is 12.0. The van der Waals surface area contributed by atoms with E-state index in [2.05, 4.69) is 15.5 Å². The normalized spacial score (nSPS) is 14.1. The first-order valence-corrected chi connectivity index (χ1v) is 9.35. The lowest BCUT2D eigenvalue weighted by atomic mass is 10.4. The van der Waals surface area contributed by atoms with Crippen molar-refractivity contribution in [1.82, 2.24) is 24.3 Å². The predicted molar refractivity (Wildman–Crippen MR) is 89.0 cm³/mol. The summed E-state index contributed by atoms with van der Waals surface area (Å²) in [7, 11) is -4.10. The molecule has 3 rings (SSSR count). The third-order valence-corrected chi connectivity index (χ3v) is 4.93. The number of hydrogen-bond acceptors (Lipinski definition) is 6. The van der Waals surface area contributed by atoms with Gasteiger partial charge in [0, 0.05) is 25.1 Å². The fourth-order valence-electron chi connectivity index (χ4n) is 2.55. The fourth-order valence-corrected chi connectivity index (χ4v) is 3.54. The van der Waals surface area contributed by atoms with Crippen molar-refractivity contribution in [2.45, 2.75) is 44.7 Å². The van der Waals surface area contributed by atoms with Crippen molar-refractivity contribution in [3.63, 3.8) is 0 Å². The molecule has 25 heavy (non-hydrogen) atoms. The van der Waals surface area contributed by atoms with E-state index in [-0.39, 0.29) is 16.8 Å². The summed E-state index contributed by atoms with van der Waals surface area (Å²) in [5, 5.41) is 10.8. The van der Waals surface area contributed by atoms with Crippen LogP contribution in [-0.4, -0.2) is 40.6 Å². The maximum absolute atomic E-state index is 12.5. The van der Waals surface area contributed by atoms with Crippen molar-refractivity contribution in [3.8, 4) is 5.88 Å². The fraction of sp³-hybridized carbons (Fsp3) is 0.500. The Balaban J connectivity index is 1.77. The molecule has 10 nitrogen and oxygen atoms in total. The van der Waals surface area contributed by atoms with Crippen LogP contribution in [0.2, 0.25) is 0 Å². The molecule has 0 fully saturated rings. The van der Waals surface area contributed by atoms with Crippen LogP contribution in [0.1, 0.15) is 32.0 Å². The summed E-state index contributed by atoms with van der Waals surface area (Å²) in [5.74, 6) is 0.558. The Morgan fingerprint density at radius 3 is 2.88 bits per heavy atom. The Labute approximate surface area is 145 Å². The lowest BCUT2D eigenvalue weighted by Crippen LogP contribution is -2.35. The average molecular weight is 368 g/mol. The number of amides is 2. The molecule has 0 unspecified atom stereocenters. The number of fused-ring (bicyclic) bond motifs is 1. The number of ether oxygens (including phenoxy) is 1. The second-order valence-electron chi connectivity index (χ2n) is 6.01. The molecule has 11 heteroatoms. The maximum Gasteiger partial charge on any atom is 0.334 e. The summed E-state index contributed by atoms with van der Waals surface area (Å²) in [6.07, 6.45) is 1.93. The smallest absolute Gasteiger partial charge is 0.334 e. The van der Waals surface area contributed by atoms with Gasteiger partial charge < -0.3 is 4.74 Å². The molecule has 0 radical (unpaired) electrons. The molecule has 2 N–H and O–H groups in total. The van der Waals surface area contributed by atoms with Crippen molar-refractivity contribution >= 4 is 21.9 Å². The molecule has 2 aromatic rings. The zero-order valence-electron chi connectivity index (χ0n) is 14.2. The number of sulfonamides is 1. The van der Waals surface area contributed by atoms with E-state index in [1.807, 2.05) is 18.6 Å². The monoisotopic (exact) mass is 368 g/mol. The van der Waals surface area contributed by atoms with Crippen LogP contribution in [0.3, 0.4) is 0 Å². The Bertz CT molecular complexity index is 899. The van der Waals surface area contributed by atoms with Crippen LogP contribution >= 0.6 is 0 Å². The van der Waals surface area contributed by atoms with Gasteiger partial charge in [0.25, 0.3) is 10.0 Å². The largest absolute Gasteiger partial charge is 0.477 e. The van der Waals surface area contributed by atoms with E-state index >= 15 is 0 Å². The van der Waals surface area contributed by atoms with Gasteiger partial charge in [-0.05, 0) is 20.8 Å². The minimum Gasteiger partial charge on any atom is -0.477 e. The third kappa shape index (κ3) is 3.45. The second-order valence-corrected chi connectivity index (χ2v) is 7.66. The van der Waals surface area contributed by atoms with Crippen LogP contribution in [0.4, 0.5) is 10.6 Å². The average Bonchev–Trinajstić information content (AvgIpc) is 3.10. The molecular weight excluding hydrogens is 348 g/mol. The molecule has 136 valence electrons. The van der Waals surface area contributed by atoms with E-state index in [0.717, 1.165) is 6.42 Å². The van der Waals surface area contributed by atoms with Crippen molar-refractivity contribution < 1.29 is 17.9 Å². The molecule has 0 saturated heterocycles. The standard InChI is InChI=1S/C14H20N6O4S/c1-9(2)20-12(7-10(3)17-20)16-14(21)18-25(22,23)11-8-15-19-5-4-6-24-13(11)19/h7-9H,4-6H2,1-3H3,(H2,16,18,21). The number of anilines is 1. The number of nitrogens with zero attached hydrogens (tertiary/aromatic N) is 4. The van der Waals surface area contributed by atoms with Gasteiger partial charge >= 0.3 is 6.03 Å². The van der Waals surface area contributed by atoms with Gasteiger partial charge in [-0.3, -0.25) is 5.32 Å². The van der Waals surface area contributed by atoms with E-state index in [9.17, 15) is 13.2 Å².